The first-order valence-corrected chi connectivity index (χ1v) is 32.6. The van der Waals surface area contributed by atoms with E-state index in [1.54, 1.807) is 98.8 Å². The number of hydrogen-bond donors (Lipinski definition) is 2. The lowest BCUT2D eigenvalue weighted by atomic mass is 9.90. The highest BCUT2D eigenvalue weighted by molar-refractivity contribution is 6.35. The third-order valence-corrected chi connectivity index (χ3v) is 18.0. The molecule has 34 heteroatoms. The topological polar surface area (TPSA) is 255 Å². The van der Waals surface area contributed by atoms with Gasteiger partial charge in [0.05, 0.1) is 47.0 Å². The number of benzene rings is 6. The predicted octanol–water partition coefficient (Wildman–Crippen LogP) is 12.7. The maximum Gasteiger partial charge on any atom is 0.407 e. The van der Waals surface area contributed by atoms with Crippen LogP contribution >= 0.6 is 46.4 Å². The maximum absolute atomic E-state index is 14.8. The van der Waals surface area contributed by atoms with Crippen LogP contribution in [0.15, 0.2) is 134 Å². The minimum Gasteiger partial charge on any atom is -0.441 e. The Labute approximate surface area is 583 Å². The summed E-state index contributed by atoms with van der Waals surface area (Å²) in [5.74, 6) is -8.64. The van der Waals surface area contributed by atoms with E-state index in [9.17, 15) is 35.9 Å². The molecule has 100 heavy (non-hydrogen) atoms. The van der Waals surface area contributed by atoms with Gasteiger partial charge < -0.3 is 48.5 Å². The molecule has 14 rings (SSSR count). The zero-order valence-corrected chi connectivity index (χ0v) is 55.1. The number of nitrogens with zero attached hydrogens (tertiary/aromatic N) is 12. The fraction of sp³-hybridized carbons (Fsp3) is 0.303. The summed E-state index contributed by atoms with van der Waals surface area (Å²) in [5.41, 5.74) is 1.29. The van der Waals surface area contributed by atoms with Gasteiger partial charge in [0.15, 0.2) is 83.5 Å². The number of nitrogens with one attached hydrogen (secondary N) is 2. The smallest absolute Gasteiger partial charge is 0.407 e. The molecule has 2 amide bonds. The van der Waals surface area contributed by atoms with Crippen molar-refractivity contribution in [3.05, 3.63) is 223 Å². The molecule has 0 saturated carbocycles. The molecule has 0 radical (unpaired) electrons. The molecule has 4 aromatic heterocycles. The van der Waals surface area contributed by atoms with Gasteiger partial charge in [-0.25, -0.2) is 64.6 Å². The number of aryl methyl sites for hydroxylation is 2. The first kappa shape index (κ1) is 68.1. The monoisotopic (exact) mass is 1460 g/mol. The molecule has 4 unspecified atom stereocenters. The van der Waals surface area contributed by atoms with Crippen LogP contribution in [0.5, 0.6) is 0 Å². The SMILES string of the molecule is Cc1nc([C@H]2OC3CO[C@H](c4ccccc4)OC3[C@@H](n3cc(-c4cc(F)c(F)c(F)c4)nn3)[C@@H]2OC(=O)NCCCCNC(=O)O[C@@H]2[C@@H](c3nc(C)nn3-c3cc(Cl)ccc3Cl)OC3CO[C@H](c4ccccc4)OC3[C@H]2n2cc(-c3cc(F)c(F)c(F)c3)nn2)n(-c2cc(Cl)ccc2Cl)n1. The molecule has 4 saturated heterocycles. The van der Waals surface area contributed by atoms with Crippen molar-refractivity contribution >= 4 is 58.6 Å². The second-order valence-electron chi connectivity index (χ2n) is 23.6. The lowest BCUT2D eigenvalue weighted by molar-refractivity contribution is -0.318. The van der Waals surface area contributed by atoms with E-state index in [4.69, 9.17) is 94.3 Å². The minimum absolute atomic E-state index is 0.0588. The Morgan fingerprint density at radius 3 is 1.31 bits per heavy atom. The number of ether oxygens (including phenoxy) is 8. The number of carbonyl (C=O) groups excluding carboxylic acids is 2. The summed E-state index contributed by atoms with van der Waals surface area (Å²) in [7, 11) is 0. The second kappa shape index (κ2) is 28.9. The molecule has 518 valence electrons. The number of hydrogen-bond acceptors (Lipinski definition) is 18. The predicted molar refractivity (Wildman–Crippen MR) is 342 cm³/mol. The third kappa shape index (κ3) is 14.0. The van der Waals surface area contributed by atoms with Crippen molar-refractivity contribution in [3.63, 3.8) is 0 Å². The molecule has 0 aliphatic carbocycles. The zero-order chi connectivity index (χ0) is 69.6. The van der Waals surface area contributed by atoms with E-state index in [-0.39, 0.29) is 106 Å². The van der Waals surface area contributed by atoms with Crippen molar-refractivity contribution < 1.29 is 73.8 Å². The number of halogens is 10. The second-order valence-corrected chi connectivity index (χ2v) is 25.2. The molecule has 4 fully saturated rings. The summed E-state index contributed by atoms with van der Waals surface area (Å²) >= 11 is 26.6. The van der Waals surface area contributed by atoms with E-state index in [1.165, 1.54) is 31.1 Å². The maximum atomic E-state index is 14.8. The highest BCUT2D eigenvalue weighted by atomic mass is 35.5. The summed E-state index contributed by atoms with van der Waals surface area (Å²) in [5, 5.41) is 33.0. The highest BCUT2D eigenvalue weighted by Gasteiger charge is 2.57. The Balaban J connectivity index is 0.737. The van der Waals surface area contributed by atoms with Crippen molar-refractivity contribution in [1.82, 2.24) is 70.2 Å². The quantitative estimate of drug-likeness (QED) is 0.0488. The van der Waals surface area contributed by atoms with Crippen molar-refractivity contribution in [2.24, 2.45) is 0 Å². The van der Waals surface area contributed by atoms with Crippen LogP contribution in [0.4, 0.5) is 35.9 Å². The van der Waals surface area contributed by atoms with Crippen LogP contribution in [0.1, 0.15) is 84.1 Å². The number of aromatic nitrogens is 12. The van der Waals surface area contributed by atoms with E-state index in [0.29, 0.717) is 21.2 Å². The van der Waals surface area contributed by atoms with Gasteiger partial charge in [-0.1, -0.05) is 117 Å². The lowest BCUT2D eigenvalue weighted by Gasteiger charge is -2.48. The fourth-order valence-corrected chi connectivity index (χ4v) is 13.1. The van der Waals surface area contributed by atoms with Crippen molar-refractivity contribution in [3.8, 4) is 33.9 Å². The van der Waals surface area contributed by atoms with Crippen LogP contribution in [-0.2, 0) is 37.9 Å². The summed E-state index contributed by atoms with van der Waals surface area (Å²) in [4.78, 5) is 38.6. The summed E-state index contributed by atoms with van der Waals surface area (Å²) in [6.07, 6.45) is -10.7. The first-order valence-electron chi connectivity index (χ1n) is 31.1. The molecular formula is C66H54Cl4F6N14O10. The lowest BCUT2D eigenvalue weighted by Crippen LogP contribution is -2.58. The van der Waals surface area contributed by atoms with Gasteiger partial charge in [0.1, 0.15) is 59.5 Å². The summed E-state index contributed by atoms with van der Waals surface area (Å²) < 4.78 is 145. The highest BCUT2D eigenvalue weighted by Crippen LogP contribution is 2.48. The average molecular weight is 1460 g/mol. The van der Waals surface area contributed by atoms with Crippen molar-refractivity contribution in [1.29, 1.82) is 0 Å². The van der Waals surface area contributed by atoms with Crippen LogP contribution in [0.2, 0.25) is 20.1 Å². The van der Waals surface area contributed by atoms with Gasteiger partial charge in [-0.3, -0.25) is 0 Å². The standard InChI is InChI=1S/C66H54Cl4F6N14O10/c1-31-79-61(89(83-31)47-25-37(67)15-17-39(47)69)59-57(53(55-49(95-59)29-93-63(97-55)33-11-5-3-6-12-33)87-27-45(81-85-87)35-21-41(71)51(75)42(72)22-35)99-65(91)77-19-9-10-20-78-66(92)100-58-54(88-28-46(82-86-88)36-23-43(73)52(76)44(74)24-36)56-50(30-94-64(98-56)34-13-7-4-8-14-34)96-60(58)62-80-32(2)84-90(62)48-26-38(68)16-18-40(48)70/h3-8,11-18,21-28,49-50,53-60,63-64H,9-10,19-20,29-30H2,1-2H3,(H,77,91)(H,78,92)/t49?,50?,53-,54-,55?,56?,57+,58+,59+,60+,63+,64+/m1/s1. The van der Waals surface area contributed by atoms with Crippen molar-refractivity contribution in [2.75, 3.05) is 26.3 Å². The molecule has 2 N–H and O–H groups in total. The van der Waals surface area contributed by atoms with Gasteiger partial charge in [0.25, 0.3) is 0 Å². The van der Waals surface area contributed by atoms with E-state index < -0.39 is 121 Å². The first-order chi connectivity index (χ1) is 48.3. The number of fused-ring (bicyclic) bond motifs is 2. The summed E-state index contributed by atoms with van der Waals surface area (Å²) in [6, 6.07) is 27.9. The normalized spacial score (nSPS) is 23.5. The Bertz CT molecular complexity index is 4350. The number of amides is 2. The largest absolute Gasteiger partial charge is 0.441 e. The molecule has 6 aromatic carbocycles. The van der Waals surface area contributed by atoms with Crippen LogP contribution in [0.3, 0.4) is 0 Å². The van der Waals surface area contributed by atoms with Gasteiger partial charge in [-0.15, -0.1) is 10.2 Å². The average Bonchev–Trinajstić information content (AvgIpc) is 1.35. The number of alkyl carbamates (subject to hydrolysis) is 2. The zero-order valence-electron chi connectivity index (χ0n) is 52.1. The molecule has 8 heterocycles. The van der Waals surface area contributed by atoms with E-state index in [2.05, 4.69) is 41.5 Å². The molecule has 0 spiro atoms. The Morgan fingerprint density at radius 1 is 0.530 bits per heavy atom. The minimum atomic E-state index is -1.69. The van der Waals surface area contributed by atoms with Crippen LogP contribution in [0.25, 0.3) is 33.9 Å². The molecule has 4 aliphatic rings. The fourth-order valence-electron chi connectivity index (χ4n) is 12.4. The van der Waals surface area contributed by atoms with Crippen LogP contribution < -0.4 is 10.6 Å². The van der Waals surface area contributed by atoms with Crippen LogP contribution in [0, 0.1) is 48.8 Å². The van der Waals surface area contributed by atoms with E-state index >= 15 is 0 Å². The Hall–Kier alpha value is -9.08. The van der Waals surface area contributed by atoms with Crippen molar-refractivity contribution in [2.45, 2.75) is 100 Å². The molecule has 0 bridgehead atoms. The molecular weight excluding hydrogens is 1400 g/mol. The van der Waals surface area contributed by atoms with E-state index in [0.717, 1.165) is 24.3 Å². The molecule has 12 atom stereocenters. The van der Waals surface area contributed by atoms with Gasteiger partial charge in [-0.05, 0) is 87.4 Å². The summed E-state index contributed by atoms with van der Waals surface area (Å²) in [6.45, 7) is 2.93. The van der Waals surface area contributed by atoms with E-state index in [1.807, 2.05) is 12.1 Å². The number of unbranched alkanes of at least 4 members (excludes halogenated alkanes) is 1. The van der Waals surface area contributed by atoms with Gasteiger partial charge in [0, 0.05) is 45.4 Å². The molecule has 24 nitrogen and oxygen atoms in total. The third-order valence-electron chi connectivity index (χ3n) is 16.9. The number of carbonyl (C=O) groups is 2. The van der Waals surface area contributed by atoms with Gasteiger partial charge in [-0.2, -0.15) is 10.2 Å². The number of rotatable bonds is 17. The molecule has 4 aliphatic heterocycles. The van der Waals surface area contributed by atoms with Crippen LogP contribution in [-0.4, -0.2) is 135 Å². The van der Waals surface area contributed by atoms with Gasteiger partial charge in [0.2, 0.25) is 0 Å². The Kier molecular flexibility index (Phi) is 19.7. The van der Waals surface area contributed by atoms with Gasteiger partial charge >= 0.3 is 12.2 Å². The molecule has 10 aromatic rings. The Morgan fingerprint density at radius 2 is 0.920 bits per heavy atom.